The van der Waals surface area contributed by atoms with Crippen molar-refractivity contribution < 1.29 is 19.0 Å². The number of nitrogens with one attached hydrogen (secondary N) is 1. The van der Waals surface area contributed by atoms with Gasteiger partial charge < -0.3 is 24.4 Å². The number of hydrogen-bond acceptors (Lipinski definition) is 7. The molecule has 0 aliphatic carbocycles. The number of rotatable bonds is 4. The van der Waals surface area contributed by atoms with Crippen molar-refractivity contribution in [3.05, 3.63) is 40.3 Å². The Morgan fingerprint density at radius 1 is 1.21 bits per heavy atom. The third-order valence-electron chi connectivity index (χ3n) is 4.98. The van der Waals surface area contributed by atoms with Gasteiger partial charge in [0, 0.05) is 37.6 Å². The normalized spacial score (nSPS) is 16.0. The van der Waals surface area contributed by atoms with Crippen LogP contribution in [0, 0.1) is 6.92 Å². The van der Waals surface area contributed by atoms with Gasteiger partial charge >= 0.3 is 5.97 Å². The van der Waals surface area contributed by atoms with Gasteiger partial charge in [0.15, 0.2) is 16.6 Å². The maximum absolute atomic E-state index is 12.0. The highest BCUT2D eigenvalue weighted by Gasteiger charge is 2.22. The highest BCUT2D eigenvalue weighted by atomic mass is 32.1. The van der Waals surface area contributed by atoms with E-state index in [-0.39, 0.29) is 5.97 Å². The number of fused-ring (bicyclic) bond motifs is 1. The highest BCUT2D eigenvalue weighted by Crippen LogP contribution is 2.33. The smallest absolute Gasteiger partial charge is 0.340 e. The highest BCUT2D eigenvalue weighted by molar-refractivity contribution is 7.80. The fourth-order valence-corrected chi connectivity index (χ4v) is 4.70. The van der Waals surface area contributed by atoms with Gasteiger partial charge in [-0.2, -0.15) is 0 Å². The number of benzene rings is 1. The molecule has 1 N–H and O–H groups in total. The molecule has 7 nitrogen and oxygen atoms in total. The van der Waals surface area contributed by atoms with Crippen LogP contribution in [0.5, 0.6) is 11.5 Å². The van der Waals surface area contributed by atoms with Gasteiger partial charge in [0.25, 0.3) is 0 Å². The van der Waals surface area contributed by atoms with Crippen LogP contribution >= 0.6 is 23.6 Å². The molecule has 2 aliphatic rings. The van der Waals surface area contributed by atoms with E-state index in [1.807, 2.05) is 25.1 Å². The molecule has 1 aromatic heterocycles. The lowest BCUT2D eigenvalue weighted by molar-refractivity contribution is 0.0602. The fourth-order valence-electron chi connectivity index (χ4n) is 3.45. The Balaban J connectivity index is 1.31. The summed E-state index contributed by atoms with van der Waals surface area (Å²) in [6.07, 6.45) is 0. The van der Waals surface area contributed by atoms with Crippen molar-refractivity contribution in [2.24, 2.45) is 0 Å². The third-order valence-corrected chi connectivity index (χ3v) is 6.31. The molecule has 9 heteroatoms. The van der Waals surface area contributed by atoms with Crippen molar-refractivity contribution in [1.29, 1.82) is 0 Å². The number of anilines is 1. The Morgan fingerprint density at radius 3 is 2.72 bits per heavy atom. The summed E-state index contributed by atoms with van der Waals surface area (Å²) in [5, 5.41) is 4.61. The SMILES string of the molecule is COC(=O)c1cc(C)sc1NC(=S)N1CCN(Cc2ccc3c(c2)OCO3)CC1. The molecular weight excluding hydrogens is 410 g/mol. The number of hydrogen-bond donors (Lipinski definition) is 1. The number of thiocarbonyl (C=S) groups is 1. The fraction of sp³-hybridized carbons (Fsp3) is 0.400. The first-order valence-corrected chi connectivity index (χ1v) is 10.6. The lowest BCUT2D eigenvalue weighted by atomic mass is 10.1. The summed E-state index contributed by atoms with van der Waals surface area (Å²) < 4.78 is 15.7. The molecule has 3 heterocycles. The summed E-state index contributed by atoms with van der Waals surface area (Å²) in [6, 6.07) is 7.92. The van der Waals surface area contributed by atoms with Crippen LogP contribution in [0.15, 0.2) is 24.3 Å². The van der Waals surface area contributed by atoms with Crippen molar-refractivity contribution in [3.63, 3.8) is 0 Å². The molecule has 29 heavy (non-hydrogen) atoms. The van der Waals surface area contributed by atoms with Gasteiger partial charge in [0.05, 0.1) is 12.7 Å². The zero-order valence-corrected chi connectivity index (χ0v) is 18.0. The minimum atomic E-state index is -0.354. The predicted molar refractivity (Wildman–Crippen MR) is 116 cm³/mol. The van der Waals surface area contributed by atoms with Crippen LogP contribution in [-0.2, 0) is 11.3 Å². The number of aryl methyl sites for hydroxylation is 1. The van der Waals surface area contributed by atoms with Crippen LogP contribution in [0.4, 0.5) is 5.00 Å². The van der Waals surface area contributed by atoms with Crippen LogP contribution in [-0.4, -0.2) is 61.0 Å². The number of thiophene rings is 1. The van der Waals surface area contributed by atoms with E-state index in [9.17, 15) is 4.79 Å². The summed E-state index contributed by atoms with van der Waals surface area (Å²) >= 11 is 7.09. The molecule has 0 saturated carbocycles. The van der Waals surface area contributed by atoms with E-state index in [2.05, 4.69) is 21.2 Å². The number of methoxy groups -OCH3 is 1. The van der Waals surface area contributed by atoms with Crippen molar-refractivity contribution in [1.82, 2.24) is 9.80 Å². The Labute approximate surface area is 179 Å². The summed E-state index contributed by atoms with van der Waals surface area (Å²) in [6.45, 7) is 6.58. The zero-order valence-electron chi connectivity index (χ0n) is 16.4. The summed E-state index contributed by atoms with van der Waals surface area (Å²) in [4.78, 5) is 17.5. The van der Waals surface area contributed by atoms with Crippen LogP contribution in [0.3, 0.4) is 0 Å². The van der Waals surface area contributed by atoms with E-state index in [0.717, 1.165) is 54.1 Å². The lowest BCUT2D eigenvalue weighted by Crippen LogP contribution is -2.49. The Bertz CT molecular complexity index is 922. The number of ether oxygens (including phenoxy) is 3. The van der Waals surface area contributed by atoms with Gasteiger partial charge in [0.1, 0.15) is 5.00 Å². The predicted octanol–water partition coefficient (Wildman–Crippen LogP) is 3.09. The molecule has 0 spiro atoms. The molecule has 0 bridgehead atoms. The van der Waals surface area contributed by atoms with E-state index in [1.165, 1.54) is 24.0 Å². The van der Waals surface area contributed by atoms with Gasteiger partial charge in [-0.1, -0.05) is 6.07 Å². The summed E-state index contributed by atoms with van der Waals surface area (Å²) in [5.74, 6) is 1.28. The third kappa shape index (κ3) is 4.47. The second-order valence-corrected chi connectivity index (χ2v) is 8.62. The topological polar surface area (TPSA) is 63.3 Å². The maximum atomic E-state index is 12.0. The molecule has 0 radical (unpaired) electrons. The van der Waals surface area contributed by atoms with E-state index in [1.54, 1.807) is 0 Å². The molecule has 154 valence electrons. The lowest BCUT2D eigenvalue weighted by Gasteiger charge is -2.36. The van der Waals surface area contributed by atoms with Crippen LogP contribution < -0.4 is 14.8 Å². The minimum absolute atomic E-state index is 0.295. The van der Waals surface area contributed by atoms with Gasteiger partial charge in [-0.05, 0) is 42.9 Å². The number of carbonyl (C=O) groups is 1. The molecule has 1 aromatic carbocycles. The molecule has 0 atom stereocenters. The largest absolute Gasteiger partial charge is 0.465 e. The molecule has 1 saturated heterocycles. The quantitative estimate of drug-likeness (QED) is 0.583. The van der Waals surface area contributed by atoms with Crippen LogP contribution in [0.1, 0.15) is 20.8 Å². The Hall–Kier alpha value is -2.36. The molecule has 1 fully saturated rings. The van der Waals surface area contributed by atoms with Gasteiger partial charge in [-0.3, -0.25) is 4.90 Å². The molecule has 2 aliphatic heterocycles. The van der Waals surface area contributed by atoms with E-state index < -0.39 is 0 Å². The first kappa shape index (κ1) is 19.9. The average Bonchev–Trinajstić information content (AvgIpc) is 3.33. The molecular formula is C20H23N3O4S2. The van der Waals surface area contributed by atoms with Crippen molar-refractivity contribution in [3.8, 4) is 11.5 Å². The van der Waals surface area contributed by atoms with Gasteiger partial charge in [0.2, 0.25) is 6.79 Å². The summed E-state index contributed by atoms with van der Waals surface area (Å²) in [5.41, 5.74) is 1.74. The van der Waals surface area contributed by atoms with Crippen LogP contribution in [0.2, 0.25) is 0 Å². The zero-order chi connectivity index (χ0) is 20.4. The summed E-state index contributed by atoms with van der Waals surface area (Å²) in [7, 11) is 1.39. The first-order valence-electron chi connectivity index (χ1n) is 9.39. The molecule has 0 amide bonds. The standard InChI is InChI=1S/C20H23N3O4S2/c1-13-9-15(19(24)25-2)18(29-13)21-20(28)23-7-5-22(6-8-23)11-14-3-4-16-17(10-14)27-12-26-16/h3-4,9-10H,5-8,11-12H2,1-2H3,(H,21,28). The minimum Gasteiger partial charge on any atom is -0.465 e. The monoisotopic (exact) mass is 433 g/mol. The first-order chi connectivity index (χ1) is 14.0. The molecule has 4 rings (SSSR count). The van der Waals surface area contributed by atoms with Crippen molar-refractivity contribution >= 4 is 39.6 Å². The Kier molecular flexibility index (Phi) is 5.89. The van der Waals surface area contributed by atoms with Crippen molar-refractivity contribution in [2.45, 2.75) is 13.5 Å². The second-order valence-electron chi connectivity index (χ2n) is 6.97. The average molecular weight is 434 g/mol. The van der Waals surface area contributed by atoms with Crippen LogP contribution in [0.25, 0.3) is 0 Å². The Morgan fingerprint density at radius 2 is 1.97 bits per heavy atom. The van der Waals surface area contributed by atoms with E-state index in [0.29, 0.717) is 17.5 Å². The van der Waals surface area contributed by atoms with E-state index >= 15 is 0 Å². The number of carbonyl (C=O) groups excluding carboxylic acids is 1. The van der Waals surface area contributed by atoms with Gasteiger partial charge in [-0.25, -0.2) is 4.79 Å². The van der Waals surface area contributed by atoms with Crippen molar-refractivity contribution in [2.75, 3.05) is 45.4 Å². The van der Waals surface area contributed by atoms with E-state index in [4.69, 9.17) is 26.4 Å². The number of piperazine rings is 1. The molecule has 0 unspecified atom stereocenters. The maximum Gasteiger partial charge on any atom is 0.340 e. The number of nitrogens with zero attached hydrogens (tertiary/aromatic N) is 2. The molecule has 2 aromatic rings. The van der Waals surface area contributed by atoms with Gasteiger partial charge in [-0.15, -0.1) is 11.3 Å². The second kappa shape index (κ2) is 8.56. The number of esters is 1.